The number of hydrogen-bond acceptors (Lipinski definition) is 3. The van der Waals surface area contributed by atoms with E-state index in [4.69, 9.17) is 5.73 Å². The summed E-state index contributed by atoms with van der Waals surface area (Å²) < 4.78 is 13.2. The number of anilines is 2. The SMILES string of the molecule is Cc1cc(NC(=O)c2ccc(N)c(F)c2)n[nH]1. The Labute approximate surface area is 96.8 Å². The van der Waals surface area contributed by atoms with Crippen LogP contribution in [0.1, 0.15) is 16.1 Å². The second kappa shape index (κ2) is 4.25. The number of nitrogens with one attached hydrogen (secondary N) is 2. The van der Waals surface area contributed by atoms with Crippen molar-refractivity contribution in [3.8, 4) is 0 Å². The van der Waals surface area contributed by atoms with Gasteiger partial charge in [0, 0.05) is 17.3 Å². The van der Waals surface area contributed by atoms with Crippen molar-refractivity contribution < 1.29 is 9.18 Å². The van der Waals surface area contributed by atoms with E-state index < -0.39 is 11.7 Å². The standard InChI is InChI=1S/C11H11FN4O/c1-6-4-10(16-15-6)14-11(17)7-2-3-9(13)8(12)5-7/h2-5H,13H2,1H3,(H2,14,15,16,17). The van der Waals surface area contributed by atoms with Crippen molar-refractivity contribution in [1.29, 1.82) is 0 Å². The van der Waals surface area contributed by atoms with Gasteiger partial charge in [-0.3, -0.25) is 9.89 Å². The van der Waals surface area contributed by atoms with E-state index in [1.165, 1.54) is 12.1 Å². The third-order valence-corrected chi connectivity index (χ3v) is 2.21. The zero-order chi connectivity index (χ0) is 12.4. The minimum atomic E-state index is -0.615. The van der Waals surface area contributed by atoms with Crippen molar-refractivity contribution in [1.82, 2.24) is 10.2 Å². The molecule has 0 bridgehead atoms. The number of amides is 1. The molecule has 0 saturated carbocycles. The lowest BCUT2D eigenvalue weighted by Crippen LogP contribution is -2.12. The highest BCUT2D eigenvalue weighted by molar-refractivity contribution is 6.03. The van der Waals surface area contributed by atoms with Crippen molar-refractivity contribution in [2.75, 3.05) is 11.1 Å². The summed E-state index contributed by atoms with van der Waals surface area (Å²) in [7, 11) is 0. The normalized spacial score (nSPS) is 10.2. The number of rotatable bonds is 2. The molecule has 5 nitrogen and oxygen atoms in total. The van der Waals surface area contributed by atoms with Gasteiger partial charge in [-0.05, 0) is 25.1 Å². The number of aromatic amines is 1. The summed E-state index contributed by atoms with van der Waals surface area (Å²) in [6.07, 6.45) is 0. The average Bonchev–Trinajstić information content (AvgIpc) is 2.68. The van der Waals surface area contributed by atoms with Gasteiger partial charge < -0.3 is 11.1 Å². The van der Waals surface area contributed by atoms with Crippen LogP contribution in [0.5, 0.6) is 0 Å². The Bertz CT molecular complexity index is 564. The molecule has 0 aliphatic heterocycles. The lowest BCUT2D eigenvalue weighted by molar-refractivity contribution is 0.102. The molecule has 0 unspecified atom stereocenters. The van der Waals surface area contributed by atoms with Gasteiger partial charge in [0.2, 0.25) is 0 Å². The van der Waals surface area contributed by atoms with E-state index in [1.807, 2.05) is 6.92 Å². The zero-order valence-electron chi connectivity index (χ0n) is 9.12. The van der Waals surface area contributed by atoms with E-state index in [0.717, 1.165) is 11.8 Å². The molecule has 2 rings (SSSR count). The average molecular weight is 234 g/mol. The topological polar surface area (TPSA) is 83.8 Å². The number of hydrogen-bond donors (Lipinski definition) is 3. The predicted octanol–water partition coefficient (Wildman–Crippen LogP) is 1.69. The minimum absolute atomic E-state index is 0.0113. The molecule has 4 N–H and O–H groups in total. The first kappa shape index (κ1) is 11.1. The summed E-state index contributed by atoms with van der Waals surface area (Å²) in [6, 6.07) is 5.56. The summed E-state index contributed by atoms with van der Waals surface area (Å²) in [5.41, 5.74) is 6.35. The van der Waals surface area contributed by atoms with Crippen LogP contribution in [0.2, 0.25) is 0 Å². The zero-order valence-corrected chi connectivity index (χ0v) is 9.12. The van der Waals surface area contributed by atoms with E-state index in [2.05, 4.69) is 15.5 Å². The van der Waals surface area contributed by atoms with E-state index in [9.17, 15) is 9.18 Å². The quantitative estimate of drug-likeness (QED) is 0.691. The van der Waals surface area contributed by atoms with Gasteiger partial charge in [0.15, 0.2) is 5.82 Å². The number of carbonyl (C=O) groups excluding carboxylic acids is 1. The molecule has 6 heteroatoms. The molecule has 88 valence electrons. The Kier molecular flexibility index (Phi) is 2.78. The Morgan fingerprint density at radius 3 is 2.82 bits per heavy atom. The van der Waals surface area contributed by atoms with Crippen molar-refractivity contribution in [3.05, 3.63) is 41.3 Å². The summed E-state index contributed by atoms with van der Waals surface area (Å²) >= 11 is 0. The van der Waals surface area contributed by atoms with Crippen LogP contribution in [-0.4, -0.2) is 16.1 Å². The highest BCUT2D eigenvalue weighted by atomic mass is 19.1. The molecule has 17 heavy (non-hydrogen) atoms. The van der Waals surface area contributed by atoms with Crippen molar-refractivity contribution in [2.45, 2.75) is 6.92 Å². The number of aromatic nitrogens is 2. The van der Waals surface area contributed by atoms with Gasteiger partial charge in [0.05, 0.1) is 5.69 Å². The van der Waals surface area contributed by atoms with Gasteiger partial charge in [-0.25, -0.2) is 4.39 Å². The molecule has 0 radical (unpaired) electrons. The first-order valence-electron chi connectivity index (χ1n) is 4.94. The number of H-pyrrole nitrogens is 1. The maximum atomic E-state index is 13.2. The van der Waals surface area contributed by atoms with Crippen LogP contribution in [0, 0.1) is 12.7 Å². The lowest BCUT2D eigenvalue weighted by Gasteiger charge is -2.03. The third-order valence-electron chi connectivity index (χ3n) is 2.21. The molecule has 0 aliphatic carbocycles. The Hall–Kier alpha value is -2.37. The first-order valence-corrected chi connectivity index (χ1v) is 4.94. The van der Waals surface area contributed by atoms with Gasteiger partial charge in [-0.1, -0.05) is 0 Å². The van der Waals surface area contributed by atoms with Gasteiger partial charge in [0.1, 0.15) is 5.82 Å². The van der Waals surface area contributed by atoms with Crippen LogP contribution < -0.4 is 11.1 Å². The number of nitrogens with two attached hydrogens (primary N) is 1. The molecule has 1 aromatic heterocycles. The number of carbonyl (C=O) groups is 1. The molecule has 2 aromatic rings. The van der Waals surface area contributed by atoms with E-state index in [0.29, 0.717) is 5.82 Å². The van der Waals surface area contributed by atoms with Crippen LogP contribution in [0.4, 0.5) is 15.9 Å². The number of nitrogen functional groups attached to an aromatic ring is 1. The molecule has 0 atom stereocenters. The monoisotopic (exact) mass is 234 g/mol. The second-order valence-corrected chi connectivity index (χ2v) is 3.63. The summed E-state index contributed by atoms with van der Waals surface area (Å²) in [5, 5.41) is 9.07. The fourth-order valence-electron chi connectivity index (χ4n) is 1.34. The third kappa shape index (κ3) is 2.41. The summed E-state index contributed by atoms with van der Waals surface area (Å²) in [6.45, 7) is 1.81. The highest BCUT2D eigenvalue weighted by Crippen LogP contribution is 2.13. The molecular formula is C11H11FN4O. The molecule has 0 spiro atoms. The van der Waals surface area contributed by atoms with E-state index in [-0.39, 0.29) is 11.3 Å². The maximum absolute atomic E-state index is 13.2. The van der Waals surface area contributed by atoms with Crippen LogP contribution in [0.15, 0.2) is 24.3 Å². The highest BCUT2D eigenvalue weighted by Gasteiger charge is 2.09. The molecule has 0 fully saturated rings. The number of halogens is 1. The van der Waals surface area contributed by atoms with E-state index in [1.54, 1.807) is 6.07 Å². The minimum Gasteiger partial charge on any atom is -0.396 e. The molecule has 1 aromatic carbocycles. The maximum Gasteiger partial charge on any atom is 0.256 e. The fourth-order valence-corrected chi connectivity index (χ4v) is 1.34. The Balaban J connectivity index is 2.17. The molecule has 0 aliphatic rings. The van der Waals surface area contributed by atoms with Crippen LogP contribution in [-0.2, 0) is 0 Å². The summed E-state index contributed by atoms with van der Waals surface area (Å²) in [4.78, 5) is 11.7. The molecule has 1 heterocycles. The van der Waals surface area contributed by atoms with Crippen LogP contribution >= 0.6 is 0 Å². The van der Waals surface area contributed by atoms with Crippen LogP contribution in [0.25, 0.3) is 0 Å². The smallest absolute Gasteiger partial charge is 0.256 e. The molecular weight excluding hydrogens is 223 g/mol. The van der Waals surface area contributed by atoms with Gasteiger partial charge >= 0.3 is 0 Å². The number of benzene rings is 1. The second-order valence-electron chi connectivity index (χ2n) is 3.63. The van der Waals surface area contributed by atoms with Gasteiger partial charge in [-0.15, -0.1) is 0 Å². The number of aryl methyl sites for hydroxylation is 1. The lowest BCUT2D eigenvalue weighted by atomic mass is 10.2. The summed E-state index contributed by atoms with van der Waals surface area (Å²) in [5.74, 6) is -0.656. The largest absolute Gasteiger partial charge is 0.396 e. The van der Waals surface area contributed by atoms with Crippen molar-refractivity contribution in [2.24, 2.45) is 0 Å². The Morgan fingerprint density at radius 1 is 1.47 bits per heavy atom. The predicted molar refractivity (Wildman–Crippen MR) is 62.1 cm³/mol. The van der Waals surface area contributed by atoms with Gasteiger partial charge in [0.25, 0.3) is 5.91 Å². The van der Waals surface area contributed by atoms with E-state index >= 15 is 0 Å². The fraction of sp³-hybridized carbons (Fsp3) is 0.0909. The van der Waals surface area contributed by atoms with Crippen LogP contribution in [0.3, 0.4) is 0 Å². The molecule has 1 amide bonds. The van der Waals surface area contributed by atoms with Crippen molar-refractivity contribution in [3.63, 3.8) is 0 Å². The first-order chi connectivity index (χ1) is 8.06. The number of nitrogens with zero attached hydrogens (tertiary/aromatic N) is 1. The van der Waals surface area contributed by atoms with Crippen molar-refractivity contribution >= 4 is 17.4 Å². The van der Waals surface area contributed by atoms with Gasteiger partial charge in [-0.2, -0.15) is 5.10 Å². The Morgan fingerprint density at radius 2 is 2.24 bits per heavy atom. The molecule has 0 saturated heterocycles.